The van der Waals surface area contributed by atoms with Gasteiger partial charge in [0.25, 0.3) is 5.01 Å². The Morgan fingerprint density at radius 1 is 0.909 bits per heavy atom. The van der Waals surface area contributed by atoms with Crippen LogP contribution in [-0.2, 0) is 26.1 Å². The van der Waals surface area contributed by atoms with Crippen LogP contribution >= 0.6 is 11.3 Å². The maximum Gasteiger partial charge on any atom is 1.00 e. The molecule has 0 N–H and O–H groups in total. The van der Waals surface area contributed by atoms with Crippen LogP contribution in [-0.4, -0.2) is 31.8 Å². The number of aromatic nitrogens is 1. The molecule has 0 aliphatic carbocycles. The molecule has 5 aromatic rings. The molecule has 44 heavy (non-hydrogen) atoms. The van der Waals surface area contributed by atoms with Crippen LogP contribution < -0.4 is 65.6 Å². The van der Waals surface area contributed by atoms with Gasteiger partial charge in [0.1, 0.15) is 20.7 Å². The number of fused-ring (bicyclic) bond motifs is 4. The van der Waals surface area contributed by atoms with E-state index in [4.69, 9.17) is 4.74 Å². The average Bonchev–Trinajstić information content (AvgIpc) is 3.48. The number of thiazole rings is 1. The molecule has 2 heterocycles. The number of rotatable bonds is 8. The first-order chi connectivity index (χ1) is 20.5. The van der Waals surface area contributed by atoms with Gasteiger partial charge in [-0.05, 0) is 52.8 Å². The van der Waals surface area contributed by atoms with Crippen molar-refractivity contribution in [2.45, 2.75) is 19.2 Å². The maximum atomic E-state index is 12.0. The van der Waals surface area contributed by atoms with Crippen LogP contribution in [0.1, 0.15) is 18.4 Å². The van der Waals surface area contributed by atoms with Crippen LogP contribution in [0.3, 0.4) is 0 Å². The standard InChI is InChI=1S/C31H26N2O7S3.K/c1-2-21(17-30-33(20-43(37,38)39)31-25-11-7-6-10-23(25)13-15-28(31)41-30)16-29-32(19-42(34,35)36)26-18-24(12-14-27(26)40-29)22-8-4-3-5-9-22;/h3-18H,2,19-20H2,1H3,(H-,34,35,36,37,38,39);/q;+1/p-1. The van der Waals surface area contributed by atoms with Gasteiger partial charge in [0.15, 0.2) is 15.9 Å². The van der Waals surface area contributed by atoms with Gasteiger partial charge < -0.3 is 13.8 Å². The summed E-state index contributed by atoms with van der Waals surface area (Å²) in [6, 6.07) is 26.2. The number of ether oxygens (including phenoxy) is 1. The molecule has 0 fully saturated rings. The molecule has 1 aliphatic rings. The van der Waals surface area contributed by atoms with Gasteiger partial charge in [0.2, 0.25) is 17.3 Å². The molecule has 6 rings (SSSR count). The Kier molecular flexibility index (Phi) is 9.83. The molecular formula is C31H25KN2O7S3. The van der Waals surface area contributed by atoms with E-state index in [1.807, 2.05) is 79.7 Å². The van der Waals surface area contributed by atoms with E-state index in [1.54, 1.807) is 24.3 Å². The molecule has 1 aromatic heterocycles. The largest absolute Gasteiger partial charge is 1.00 e. The van der Waals surface area contributed by atoms with Crippen molar-refractivity contribution in [3.8, 4) is 16.9 Å². The minimum atomic E-state index is -4.70. The molecular weight excluding hydrogens is 648 g/mol. The number of allylic oxidation sites excluding steroid dienone is 2. The molecule has 0 radical (unpaired) electrons. The van der Waals surface area contributed by atoms with Crippen LogP contribution in [0.25, 0.3) is 38.2 Å². The van der Waals surface area contributed by atoms with E-state index in [0.29, 0.717) is 34.0 Å². The Morgan fingerprint density at radius 2 is 1.64 bits per heavy atom. The maximum absolute atomic E-state index is 12.0. The Hall–Kier alpha value is -2.43. The third-order valence-corrected chi connectivity index (χ3v) is 9.30. The summed E-state index contributed by atoms with van der Waals surface area (Å²) in [4.78, 5) is 1.32. The van der Waals surface area contributed by atoms with Crippen LogP contribution in [0, 0.1) is 0 Å². The van der Waals surface area contributed by atoms with E-state index in [9.17, 15) is 25.9 Å². The van der Waals surface area contributed by atoms with Crippen LogP contribution in [0.5, 0.6) is 5.75 Å². The third-order valence-electron chi connectivity index (χ3n) is 7.05. The zero-order valence-corrected chi connectivity index (χ0v) is 29.4. The first-order valence-corrected chi connectivity index (χ1v) is 17.2. The summed E-state index contributed by atoms with van der Waals surface area (Å²) in [5.74, 6) is -1.07. The SMILES string of the molecule is CCC(/C=C1\Oc2ccc(-c3ccccc3)cc2N1CS(=O)(=O)[O-])=C\c1sc2ccc3ccccc3c2[n+]1CS(=O)(=O)[O-].[K+]. The van der Waals surface area contributed by atoms with E-state index in [-0.39, 0.29) is 57.3 Å². The first-order valence-electron chi connectivity index (χ1n) is 13.3. The smallest absolute Gasteiger partial charge is 0.747 e. The molecule has 13 heteroatoms. The van der Waals surface area contributed by atoms with Crippen molar-refractivity contribution < 1.29 is 86.6 Å². The predicted octanol–water partition coefficient (Wildman–Crippen LogP) is 2.55. The summed E-state index contributed by atoms with van der Waals surface area (Å²) in [6.07, 6.45) is 3.84. The summed E-state index contributed by atoms with van der Waals surface area (Å²) in [5, 5.41) is 2.23. The fraction of sp³-hybridized carbons (Fsp3) is 0.129. The summed E-state index contributed by atoms with van der Waals surface area (Å²) in [7, 11) is -9.34. The Bertz CT molecular complexity index is 2160. The fourth-order valence-corrected chi connectivity index (χ4v) is 7.54. The Labute approximate surface area is 302 Å². The van der Waals surface area contributed by atoms with Crippen molar-refractivity contribution in [2.75, 3.05) is 10.8 Å². The monoisotopic (exact) mass is 672 g/mol. The van der Waals surface area contributed by atoms with E-state index < -0.39 is 32.0 Å². The molecule has 220 valence electrons. The summed E-state index contributed by atoms with van der Waals surface area (Å²) in [5.41, 5.74) is 3.46. The van der Waals surface area contributed by atoms with Gasteiger partial charge in [-0.15, -0.1) is 0 Å². The van der Waals surface area contributed by atoms with Crippen LogP contribution in [0.15, 0.2) is 102 Å². The molecule has 0 saturated heterocycles. The van der Waals surface area contributed by atoms with Gasteiger partial charge in [0, 0.05) is 12.2 Å². The second-order valence-corrected chi connectivity index (χ2v) is 13.8. The van der Waals surface area contributed by atoms with Gasteiger partial charge in [-0.1, -0.05) is 78.9 Å². The van der Waals surface area contributed by atoms with Gasteiger partial charge in [0.05, 0.1) is 11.1 Å². The molecule has 0 amide bonds. The fourth-order valence-electron chi connectivity index (χ4n) is 5.14. The molecule has 0 saturated carbocycles. The third kappa shape index (κ3) is 7.17. The van der Waals surface area contributed by atoms with Crippen molar-refractivity contribution >= 4 is 64.3 Å². The van der Waals surface area contributed by atoms with Crippen molar-refractivity contribution in [2.24, 2.45) is 0 Å². The van der Waals surface area contributed by atoms with Crippen molar-refractivity contribution in [1.82, 2.24) is 0 Å². The average molecular weight is 673 g/mol. The number of hydrogen-bond donors (Lipinski definition) is 0. The molecule has 0 bridgehead atoms. The molecule has 1 aliphatic heterocycles. The molecule has 0 spiro atoms. The van der Waals surface area contributed by atoms with Gasteiger partial charge in [-0.2, -0.15) is 4.57 Å². The van der Waals surface area contributed by atoms with E-state index in [2.05, 4.69) is 0 Å². The molecule has 9 nitrogen and oxygen atoms in total. The number of benzene rings is 4. The summed E-state index contributed by atoms with van der Waals surface area (Å²) < 4.78 is 80.1. The van der Waals surface area contributed by atoms with Crippen molar-refractivity contribution in [1.29, 1.82) is 0 Å². The molecule has 4 aromatic carbocycles. The molecule has 0 unspecified atom stereocenters. The number of nitrogens with zero attached hydrogens (tertiary/aromatic N) is 2. The number of hydrogen-bond acceptors (Lipinski definition) is 9. The second kappa shape index (κ2) is 13.1. The second-order valence-electron chi connectivity index (χ2n) is 10.0. The minimum Gasteiger partial charge on any atom is -0.747 e. The van der Waals surface area contributed by atoms with Gasteiger partial charge in [-0.25, -0.2) is 16.8 Å². The van der Waals surface area contributed by atoms with E-state index in [0.717, 1.165) is 26.6 Å². The quantitative estimate of drug-likeness (QED) is 0.140. The Balaban J connectivity index is 0.00000384. The zero-order chi connectivity index (χ0) is 30.4. The first kappa shape index (κ1) is 32.9. The number of anilines is 1. The van der Waals surface area contributed by atoms with Crippen molar-refractivity contribution in [3.05, 3.63) is 107 Å². The van der Waals surface area contributed by atoms with Crippen molar-refractivity contribution in [3.63, 3.8) is 0 Å². The summed E-state index contributed by atoms with van der Waals surface area (Å²) >= 11 is 1.33. The normalized spacial score (nSPS) is 14.6. The van der Waals surface area contributed by atoms with Crippen LogP contribution in [0.4, 0.5) is 5.69 Å². The van der Waals surface area contributed by atoms with Crippen LogP contribution in [0.2, 0.25) is 0 Å². The Morgan fingerprint density at radius 3 is 2.34 bits per heavy atom. The van der Waals surface area contributed by atoms with E-state index in [1.165, 1.54) is 20.8 Å². The zero-order valence-electron chi connectivity index (χ0n) is 23.8. The summed E-state index contributed by atoms with van der Waals surface area (Å²) in [6.45, 7) is 1.88. The van der Waals surface area contributed by atoms with E-state index >= 15 is 0 Å². The predicted molar refractivity (Wildman–Crippen MR) is 165 cm³/mol. The topological polar surface area (TPSA) is 131 Å². The van der Waals surface area contributed by atoms with Gasteiger partial charge in [-0.3, -0.25) is 4.90 Å². The van der Waals surface area contributed by atoms with Gasteiger partial charge >= 0.3 is 51.4 Å². The molecule has 0 atom stereocenters. The minimum absolute atomic E-state index is 0.